The van der Waals surface area contributed by atoms with E-state index in [1.165, 1.54) is 0 Å². The molecule has 0 spiro atoms. The van der Waals surface area contributed by atoms with Gasteiger partial charge in [0, 0.05) is 5.69 Å². The van der Waals surface area contributed by atoms with Crippen LogP contribution in [0.2, 0.25) is 0 Å². The maximum Gasteiger partial charge on any atom is 0.278 e. The van der Waals surface area contributed by atoms with E-state index in [1.807, 2.05) is 56.3 Å². The van der Waals surface area contributed by atoms with E-state index in [0.717, 1.165) is 45.3 Å². The molecule has 6 heteroatoms. The number of anilines is 1. The molecule has 32 heavy (non-hydrogen) atoms. The maximum atomic E-state index is 12.9. The van der Waals surface area contributed by atoms with E-state index in [2.05, 4.69) is 46.7 Å². The SMILES string of the molecule is CCc1nn2c(C)c(C(=O)Nc3cccc(C)c3)nnc2c1-c1cccc2ccccc12. The molecule has 0 aliphatic heterocycles. The molecule has 1 N–H and O–H groups in total. The molecule has 0 bridgehead atoms. The van der Waals surface area contributed by atoms with E-state index in [9.17, 15) is 4.79 Å². The van der Waals surface area contributed by atoms with Crippen molar-refractivity contribution in [2.45, 2.75) is 27.2 Å². The number of benzene rings is 3. The third kappa shape index (κ3) is 3.30. The molecule has 0 aliphatic carbocycles. The van der Waals surface area contributed by atoms with Crippen molar-refractivity contribution in [3.63, 3.8) is 0 Å². The maximum absolute atomic E-state index is 12.9. The van der Waals surface area contributed by atoms with Crippen molar-refractivity contribution in [3.05, 3.63) is 89.4 Å². The second-order valence-electron chi connectivity index (χ2n) is 7.89. The van der Waals surface area contributed by atoms with Gasteiger partial charge in [-0.15, -0.1) is 10.2 Å². The van der Waals surface area contributed by atoms with Crippen molar-refractivity contribution in [2.75, 3.05) is 5.32 Å². The van der Waals surface area contributed by atoms with Crippen molar-refractivity contribution in [2.24, 2.45) is 0 Å². The van der Waals surface area contributed by atoms with Crippen LogP contribution in [0, 0.1) is 13.8 Å². The molecule has 5 rings (SSSR count). The fraction of sp³-hybridized carbons (Fsp3) is 0.154. The summed E-state index contributed by atoms with van der Waals surface area (Å²) in [6, 6.07) is 22.2. The van der Waals surface area contributed by atoms with Crippen LogP contribution in [0.25, 0.3) is 27.5 Å². The summed E-state index contributed by atoms with van der Waals surface area (Å²) in [4.78, 5) is 12.9. The topological polar surface area (TPSA) is 72.2 Å². The number of amides is 1. The highest BCUT2D eigenvalue weighted by atomic mass is 16.2. The van der Waals surface area contributed by atoms with Crippen molar-refractivity contribution in [3.8, 4) is 11.1 Å². The molecule has 2 aromatic heterocycles. The van der Waals surface area contributed by atoms with Gasteiger partial charge in [0.25, 0.3) is 5.91 Å². The molecule has 5 aromatic rings. The monoisotopic (exact) mass is 421 g/mol. The highest BCUT2D eigenvalue weighted by Gasteiger charge is 2.22. The first-order valence-corrected chi connectivity index (χ1v) is 10.7. The predicted octanol–water partition coefficient (Wildman–Crippen LogP) is 5.38. The number of nitrogens with zero attached hydrogens (tertiary/aromatic N) is 4. The zero-order valence-corrected chi connectivity index (χ0v) is 18.3. The summed E-state index contributed by atoms with van der Waals surface area (Å²) in [5.41, 5.74) is 6.32. The van der Waals surface area contributed by atoms with Crippen LogP contribution in [0.4, 0.5) is 5.69 Å². The Morgan fingerprint density at radius 2 is 1.75 bits per heavy atom. The first-order chi connectivity index (χ1) is 15.6. The molecule has 1 amide bonds. The first-order valence-electron chi connectivity index (χ1n) is 10.7. The number of hydrogen-bond donors (Lipinski definition) is 1. The Bertz CT molecular complexity index is 1480. The largest absolute Gasteiger partial charge is 0.321 e. The van der Waals surface area contributed by atoms with Gasteiger partial charge in [-0.1, -0.05) is 61.5 Å². The average molecular weight is 422 g/mol. The first kappa shape index (κ1) is 19.9. The second kappa shape index (κ2) is 7.89. The fourth-order valence-corrected chi connectivity index (χ4v) is 4.14. The molecule has 0 atom stereocenters. The van der Waals surface area contributed by atoms with Gasteiger partial charge in [-0.2, -0.15) is 5.10 Å². The van der Waals surface area contributed by atoms with Gasteiger partial charge in [-0.3, -0.25) is 4.79 Å². The lowest BCUT2D eigenvalue weighted by Gasteiger charge is -2.09. The van der Waals surface area contributed by atoms with Crippen LogP contribution >= 0.6 is 0 Å². The van der Waals surface area contributed by atoms with E-state index < -0.39 is 0 Å². The molecule has 0 saturated carbocycles. The van der Waals surface area contributed by atoms with Crippen LogP contribution in [-0.2, 0) is 6.42 Å². The average Bonchev–Trinajstić information content (AvgIpc) is 3.18. The van der Waals surface area contributed by atoms with Crippen molar-refractivity contribution < 1.29 is 4.79 Å². The lowest BCUT2D eigenvalue weighted by molar-refractivity contribution is 0.102. The van der Waals surface area contributed by atoms with E-state index in [1.54, 1.807) is 4.52 Å². The molecule has 0 unspecified atom stereocenters. The van der Waals surface area contributed by atoms with Crippen molar-refractivity contribution in [1.82, 2.24) is 19.8 Å². The molecular formula is C26H23N5O. The third-order valence-corrected chi connectivity index (χ3v) is 5.72. The number of hydrogen-bond acceptors (Lipinski definition) is 4. The summed E-state index contributed by atoms with van der Waals surface area (Å²) < 4.78 is 1.74. The normalized spacial score (nSPS) is 11.2. The Labute approximate surface area is 185 Å². The minimum atomic E-state index is -0.303. The van der Waals surface area contributed by atoms with Crippen molar-refractivity contribution in [1.29, 1.82) is 0 Å². The second-order valence-corrected chi connectivity index (χ2v) is 7.89. The van der Waals surface area contributed by atoms with Gasteiger partial charge in [0.05, 0.1) is 17.0 Å². The fourth-order valence-electron chi connectivity index (χ4n) is 4.14. The molecule has 0 radical (unpaired) electrons. The van der Waals surface area contributed by atoms with E-state index in [-0.39, 0.29) is 11.6 Å². The Balaban J connectivity index is 1.64. The third-order valence-electron chi connectivity index (χ3n) is 5.72. The molecule has 0 saturated heterocycles. The van der Waals surface area contributed by atoms with Crippen LogP contribution in [0.1, 0.15) is 34.4 Å². The van der Waals surface area contributed by atoms with Crippen LogP contribution in [-0.4, -0.2) is 25.7 Å². The molecule has 0 aliphatic rings. The minimum absolute atomic E-state index is 0.258. The van der Waals surface area contributed by atoms with E-state index in [0.29, 0.717) is 11.3 Å². The summed E-state index contributed by atoms with van der Waals surface area (Å²) in [5, 5.41) is 18.8. The van der Waals surface area contributed by atoms with Crippen LogP contribution in [0.15, 0.2) is 66.7 Å². The Hall–Kier alpha value is -4.06. The number of aromatic nitrogens is 4. The minimum Gasteiger partial charge on any atom is -0.321 e. The lowest BCUT2D eigenvalue weighted by atomic mass is 9.97. The van der Waals surface area contributed by atoms with Crippen LogP contribution < -0.4 is 5.32 Å². The number of carbonyl (C=O) groups is 1. The van der Waals surface area contributed by atoms with Gasteiger partial charge in [-0.25, -0.2) is 4.52 Å². The number of aryl methyl sites for hydroxylation is 3. The summed E-state index contributed by atoms with van der Waals surface area (Å²) in [6.07, 6.45) is 0.742. The number of nitrogens with one attached hydrogen (secondary N) is 1. The van der Waals surface area contributed by atoms with Gasteiger partial charge in [-0.05, 0) is 54.3 Å². The van der Waals surface area contributed by atoms with Crippen LogP contribution in [0.5, 0.6) is 0 Å². The lowest BCUT2D eigenvalue weighted by Crippen LogP contribution is -2.18. The zero-order chi connectivity index (χ0) is 22.2. The smallest absolute Gasteiger partial charge is 0.278 e. The molecule has 0 fully saturated rings. The Kier molecular flexibility index (Phi) is 4.90. The molecule has 2 heterocycles. The van der Waals surface area contributed by atoms with Gasteiger partial charge in [0.1, 0.15) is 0 Å². The zero-order valence-electron chi connectivity index (χ0n) is 18.3. The van der Waals surface area contributed by atoms with Gasteiger partial charge >= 0.3 is 0 Å². The quantitative estimate of drug-likeness (QED) is 0.423. The summed E-state index contributed by atoms with van der Waals surface area (Å²) in [5.74, 6) is -0.303. The molecule has 3 aromatic carbocycles. The van der Waals surface area contributed by atoms with Gasteiger partial charge < -0.3 is 5.32 Å². The number of rotatable bonds is 4. The Morgan fingerprint density at radius 1 is 0.969 bits per heavy atom. The summed E-state index contributed by atoms with van der Waals surface area (Å²) in [6.45, 7) is 5.91. The highest BCUT2D eigenvalue weighted by molar-refractivity contribution is 6.04. The standard InChI is InChI=1S/C26H23N5O/c1-4-22-23(21-14-8-11-18-10-5-6-13-20(18)21)25-29-28-24(17(3)31(25)30-22)26(32)27-19-12-7-9-16(2)15-19/h5-15H,4H2,1-3H3,(H,27,32). The van der Waals surface area contributed by atoms with Gasteiger partial charge in [0.15, 0.2) is 11.3 Å². The summed E-state index contributed by atoms with van der Waals surface area (Å²) in [7, 11) is 0. The predicted molar refractivity (Wildman–Crippen MR) is 127 cm³/mol. The van der Waals surface area contributed by atoms with E-state index in [4.69, 9.17) is 5.10 Å². The van der Waals surface area contributed by atoms with Crippen LogP contribution in [0.3, 0.4) is 0 Å². The van der Waals surface area contributed by atoms with Gasteiger partial charge in [0.2, 0.25) is 0 Å². The Morgan fingerprint density at radius 3 is 2.56 bits per heavy atom. The molecular weight excluding hydrogens is 398 g/mol. The highest BCUT2D eigenvalue weighted by Crippen LogP contribution is 2.34. The molecule has 158 valence electrons. The summed E-state index contributed by atoms with van der Waals surface area (Å²) >= 11 is 0. The number of fused-ring (bicyclic) bond motifs is 2. The van der Waals surface area contributed by atoms with E-state index >= 15 is 0 Å². The van der Waals surface area contributed by atoms with Crippen molar-refractivity contribution >= 4 is 28.0 Å². The number of carbonyl (C=O) groups excluding carboxylic acids is 1. The molecule has 6 nitrogen and oxygen atoms in total.